The first-order valence-electron chi connectivity index (χ1n) is 6.99. The molecule has 1 amide bonds. The number of benzene rings is 1. The molecule has 7 heteroatoms. The minimum atomic E-state index is -3.54. The third-order valence-corrected chi connectivity index (χ3v) is 5.15. The lowest BCUT2D eigenvalue weighted by Gasteiger charge is -2.17. The van der Waals surface area contributed by atoms with Crippen molar-refractivity contribution >= 4 is 21.6 Å². The quantitative estimate of drug-likeness (QED) is 0.931. The summed E-state index contributed by atoms with van der Waals surface area (Å²) in [5.74, 6) is -0.189. The molecule has 0 atom stereocenters. The summed E-state index contributed by atoms with van der Waals surface area (Å²) in [6.45, 7) is 2.57. The number of nitrogens with one attached hydrogen (secondary N) is 1. The lowest BCUT2D eigenvalue weighted by molar-refractivity contribution is 0.0988. The van der Waals surface area contributed by atoms with E-state index in [-0.39, 0.29) is 10.8 Å². The van der Waals surface area contributed by atoms with Crippen molar-refractivity contribution in [1.82, 2.24) is 4.72 Å². The van der Waals surface area contributed by atoms with Gasteiger partial charge >= 0.3 is 0 Å². The molecule has 1 N–H and O–H groups in total. The number of furan rings is 1. The predicted octanol–water partition coefficient (Wildman–Crippen LogP) is 1.78. The Kier molecular flexibility index (Phi) is 3.76. The molecule has 0 unspecified atom stereocenters. The van der Waals surface area contributed by atoms with Crippen molar-refractivity contribution in [1.29, 1.82) is 0 Å². The summed E-state index contributed by atoms with van der Waals surface area (Å²) in [6, 6.07) is 6.49. The molecule has 0 fully saturated rings. The SMILES string of the molecule is CCNS(=O)(=O)c1ccc2c(c1)N(C(=O)c1ccoc1)CC2. The zero-order chi connectivity index (χ0) is 15.7. The third-order valence-electron chi connectivity index (χ3n) is 3.61. The molecule has 1 aromatic heterocycles. The standard InChI is InChI=1S/C15H16N2O4S/c1-2-16-22(19,20)13-4-3-11-5-7-17(14(11)9-13)15(18)12-6-8-21-10-12/h3-4,6,8-10,16H,2,5,7H2,1H3. The molecule has 0 spiro atoms. The van der Waals surface area contributed by atoms with Gasteiger partial charge < -0.3 is 9.32 Å². The Labute approximate surface area is 128 Å². The van der Waals surface area contributed by atoms with Gasteiger partial charge in [0.05, 0.1) is 16.7 Å². The summed E-state index contributed by atoms with van der Waals surface area (Å²) in [4.78, 5) is 14.2. The molecule has 6 nitrogen and oxygen atoms in total. The van der Waals surface area contributed by atoms with E-state index in [0.29, 0.717) is 30.8 Å². The van der Waals surface area contributed by atoms with Crippen LogP contribution in [0.15, 0.2) is 46.1 Å². The van der Waals surface area contributed by atoms with Crippen LogP contribution < -0.4 is 9.62 Å². The van der Waals surface area contributed by atoms with Gasteiger partial charge in [-0.2, -0.15) is 0 Å². The molecule has 116 valence electrons. The molecule has 1 aromatic carbocycles. The zero-order valence-corrected chi connectivity index (χ0v) is 12.9. The Morgan fingerprint density at radius 3 is 2.86 bits per heavy atom. The van der Waals surface area contributed by atoms with Crippen molar-refractivity contribution in [3.63, 3.8) is 0 Å². The van der Waals surface area contributed by atoms with Gasteiger partial charge in [-0.25, -0.2) is 13.1 Å². The average Bonchev–Trinajstić information content (AvgIpc) is 3.15. The molecule has 0 bridgehead atoms. The fraction of sp³-hybridized carbons (Fsp3) is 0.267. The van der Waals surface area contributed by atoms with Gasteiger partial charge in [0.15, 0.2) is 0 Å². The number of fused-ring (bicyclic) bond motifs is 1. The van der Waals surface area contributed by atoms with Crippen LogP contribution in [0, 0.1) is 0 Å². The Balaban J connectivity index is 1.98. The largest absolute Gasteiger partial charge is 0.472 e. The Morgan fingerprint density at radius 1 is 1.36 bits per heavy atom. The van der Waals surface area contributed by atoms with Crippen LogP contribution in [0.5, 0.6) is 0 Å². The van der Waals surface area contributed by atoms with Crippen LogP contribution in [0.4, 0.5) is 5.69 Å². The molecular formula is C15H16N2O4S. The summed E-state index contributed by atoms with van der Waals surface area (Å²) in [5, 5.41) is 0. The van der Waals surface area contributed by atoms with Gasteiger partial charge in [0, 0.05) is 18.8 Å². The topological polar surface area (TPSA) is 79.6 Å². The number of hydrogen-bond donors (Lipinski definition) is 1. The second-order valence-electron chi connectivity index (χ2n) is 5.01. The number of anilines is 1. The van der Waals surface area contributed by atoms with Gasteiger partial charge in [-0.15, -0.1) is 0 Å². The van der Waals surface area contributed by atoms with Gasteiger partial charge in [-0.3, -0.25) is 4.79 Å². The highest BCUT2D eigenvalue weighted by molar-refractivity contribution is 7.89. The molecule has 0 saturated carbocycles. The van der Waals surface area contributed by atoms with Crippen molar-refractivity contribution in [2.45, 2.75) is 18.2 Å². The maximum absolute atomic E-state index is 12.5. The van der Waals surface area contributed by atoms with Crippen molar-refractivity contribution in [2.24, 2.45) is 0 Å². The van der Waals surface area contributed by atoms with E-state index in [0.717, 1.165) is 5.56 Å². The van der Waals surface area contributed by atoms with Crippen LogP contribution >= 0.6 is 0 Å². The number of carbonyl (C=O) groups is 1. The van der Waals surface area contributed by atoms with E-state index in [1.165, 1.54) is 12.5 Å². The van der Waals surface area contributed by atoms with E-state index in [9.17, 15) is 13.2 Å². The summed E-state index contributed by atoms with van der Waals surface area (Å²) in [6.07, 6.45) is 3.54. The number of hydrogen-bond acceptors (Lipinski definition) is 4. The maximum atomic E-state index is 12.5. The molecule has 3 rings (SSSR count). The molecule has 1 aliphatic rings. The molecule has 0 radical (unpaired) electrons. The minimum absolute atomic E-state index is 0.167. The van der Waals surface area contributed by atoms with Crippen LogP contribution in [0.1, 0.15) is 22.8 Å². The van der Waals surface area contributed by atoms with Crippen molar-refractivity contribution in [3.05, 3.63) is 47.9 Å². The van der Waals surface area contributed by atoms with E-state index in [4.69, 9.17) is 4.42 Å². The molecular weight excluding hydrogens is 304 g/mol. The van der Waals surface area contributed by atoms with Gasteiger partial charge in [0.2, 0.25) is 10.0 Å². The fourth-order valence-corrected chi connectivity index (χ4v) is 3.61. The van der Waals surface area contributed by atoms with E-state index in [1.807, 2.05) is 0 Å². The van der Waals surface area contributed by atoms with Crippen molar-refractivity contribution < 1.29 is 17.6 Å². The number of rotatable bonds is 4. The van der Waals surface area contributed by atoms with Crippen LogP contribution in [0.25, 0.3) is 0 Å². The fourth-order valence-electron chi connectivity index (χ4n) is 2.55. The number of carbonyl (C=O) groups excluding carboxylic acids is 1. The Bertz CT molecular complexity index is 797. The molecule has 0 aliphatic carbocycles. The lowest BCUT2D eigenvalue weighted by atomic mass is 10.2. The smallest absolute Gasteiger partial charge is 0.261 e. The van der Waals surface area contributed by atoms with E-state index in [1.54, 1.807) is 36.1 Å². The highest BCUT2D eigenvalue weighted by atomic mass is 32.2. The first kappa shape index (κ1) is 14.8. The zero-order valence-electron chi connectivity index (χ0n) is 12.1. The Hall–Kier alpha value is -2.12. The van der Waals surface area contributed by atoms with E-state index < -0.39 is 10.0 Å². The second kappa shape index (κ2) is 5.58. The van der Waals surface area contributed by atoms with E-state index >= 15 is 0 Å². The summed E-state index contributed by atoms with van der Waals surface area (Å²) >= 11 is 0. The highest BCUT2D eigenvalue weighted by Crippen LogP contribution is 2.31. The van der Waals surface area contributed by atoms with Gasteiger partial charge in [-0.05, 0) is 30.2 Å². The van der Waals surface area contributed by atoms with Crippen molar-refractivity contribution in [3.8, 4) is 0 Å². The molecule has 0 saturated heterocycles. The summed E-state index contributed by atoms with van der Waals surface area (Å²) in [5.41, 5.74) is 2.06. The third kappa shape index (κ3) is 2.53. The van der Waals surface area contributed by atoms with Crippen LogP contribution in [0.2, 0.25) is 0 Å². The normalized spacial score (nSPS) is 14.1. The van der Waals surface area contributed by atoms with Crippen LogP contribution in [-0.2, 0) is 16.4 Å². The monoisotopic (exact) mass is 320 g/mol. The number of nitrogens with zero attached hydrogens (tertiary/aromatic N) is 1. The second-order valence-corrected chi connectivity index (χ2v) is 6.78. The minimum Gasteiger partial charge on any atom is -0.472 e. The first-order valence-corrected chi connectivity index (χ1v) is 8.48. The molecule has 2 heterocycles. The average molecular weight is 320 g/mol. The molecule has 2 aromatic rings. The Morgan fingerprint density at radius 2 is 2.18 bits per heavy atom. The molecule has 22 heavy (non-hydrogen) atoms. The molecule has 1 aliphatic heterocycles. The highest BCUT2D eigenvalue weighted by Gasteiger charge is 2.28. The van der Waals surface area contributed by atoms with Crippen LogP contribution in [-0.4, -0.2) is 27.4 Å². The first-order chi connectivity index (χ1) is 10.5. The van der Waals surface area contributed by atoms with Gasteiger partial charge in [-0.1, -0.05) is 13.0 Å². The van der Waals surface area contributed by atoms with E-state index in [2.05, 4.69) is 4.72 Å². The van der Waals surface area contributed by atoms with Crippen LogP contribution in [0.3, 0.4) is 0 Å². The predicted molar refractivity (Wildman–Crippen MR) is 81.4 cm³/mol. The number of sulfonamides is 1. The summed E-state index contributed by atoms with van der Waals surface area (Å²) < 4.78 is 31.6. The number of amides is 1. The maximum Gasteiger partial charge on any atom is 0.261 e. The van der Waals surface area contributed by atoms with Gasteiger partial charge in [0.25, 0.3) is 5.91 Å². The summed E-state index contributed by atoms with van der Waals surface area (Å²) in [7, 11) is -3.54. The lowest BCUT2D eigenvalue weighted by Crippen LogP contribution is -2.29. The van der Waals surface area contributed by atoms with Gasteiger partial charge in [0.1, 0.15) is 6.26 Å². The van der Waals surface area contributed by atoms with Crippen molar-refractivity contribution in [2.75, 3.05) is 18.0 Å².